The van der Waals surface area contributed by atoms with E-state index in [1.807, 2.05) is 78.2 Å². The van der Waals surface area contributed by atoms with Gasteiger partial charge in [0.25, 0.3) is 0 Å². The largest absolute Gasteiger partial charge is 0.477 e. The molecule has 1 N–H and O–H groups in total. The average molecular weight is 399 g/mol. The summed E-state index contributed by atoms with van der Waals surface area (Å²) in [4.78, 5) is 17.7. The van der Waals surface area contributed by atoms with Gasteiger partial charge in [0.15, 0.2) is 5.43 Å². The number of para-hydroxylation sites is 2. The molecule has 0 aliphatic carbocycles. The zero-order valence-electron chi connectivity index (χ0n) is 17.4. The Hall–Kier alpha value is -3.60. The van der Waals surface area contributed by atoms with E-state index in [9.17, 15) is 4.79 Å². The summed E-state index contributed by atoms with van der Waals surface area (Å²) in [5.41, 5.74) is 3.28. The molecule has 0 radical (unpaired) electrons. The van der Waals surface area contributed by atoms with Gasteiger partial charge >= 0.3 is 0 Å². The molecule has 0 aliphatic heterocycles. The molecule has 0 bridgehead atoms. The van der Waals surface area contributed by atoms with Crippen LogP contribution in [0.3, 0.4) is 0 Å². The molecule has 4 aromatic rings. The molecule has 0 saturated heterocycles. The average Bonchev–Trinajstić information content (AvgIpc) is 2.73. The van der Waals surface area contributed by atoms with Crippen LogP contribution in [0.2, 0.25) is 0 Å². The van der Waals surface area contributed by atoms with Crippen molar-refractivity contribution < 1.29 is 4.74 Å². The van der Waals surface area contributed by atoms with Gasteiger partial charge in [-0.3, -0.25) is 9.36 Å². The molecule has 2 heterocycles. The minimum absolute atomic E-state index is 0.123. The molecule has 2 aromatic heterocycles. The van der Waals surface area contributed by atoms with Crippen LogP contribution in [0.5, 0.6) is 5.88 Å². The molecule has 0 unspecified atom stereocenters. The Morgan fingerprint density at radius 3 is 2.33 bits per heavy atom. The quantitative estimate of drug-likeness (QED) is 0.467. The third kappa shape index (κ3) is 4.06. The van der Waals surface area contributed by atoms with Gasteiger partial charge in [0.1, 0.15) is 11.2 Å². The van der Waals surface area contributed by atoms with Crippen LogP contribution in [0.1, 0.15) is 19.5 Å². The number of benzene rings is 2. The summed E-state index contributed by atoms with van der Waals surface area (Å²) in [6.45, 7) is 6.56. The maximum atomic E-state index is 13.2. The van der Waals surface area contributed by atoms with Crippen molar-refractivity contribution in [2.24, 2.45) is 5.92 Å². The van der Waals surface area contributed by atoms with E-state index in [0.717, 1.165) is 22.6 Å². The van der Waals surface area contributed by atoms with E-state index in [4.69, 9.17) is 4.74 Å². The second-order valence-corrected chi connectivity index (χ2v) is 7.72. The molecule has 0 fully saturated rings. The minimum Gasteiger partial charge on any atom is -0.477 e. The Labute approximate surface area is 176 Å². The molecule has 0 saturated carbocycles. The Morgan fingerprint density at radius 1 is 1.00 bits per heavy atom. The van der Waals surface area contributed by atoms with E-state index in [0.29, 0.717) is 29.6 Å². The lowest BCUT2D eigenvalue weighted by Gasteiger charge is -2.20. The number of hydrogen-bond acceptors (Lipinski definition) is 4. The van der Waals surface area contributed by atoms with Crippen molar-refractivity contribution in [2.45, 2.75) is 20.8 Å². The van der Waals surface area contributed by atoms with Crippen LogP contribution in [0.4, 0.5) is 11.5 Å². The number of aromatic nitrogens is 2. The molecule has 0 amide bonds. The van der Waals surface area contributed by atoms with E-state index in [1.54, 1.807) is 6.07 Å². The minimum atomic E-state index is -0.123. The van der Waals surface area contributed by atoms with Crippen LogP contribution < -0.4 is 15.5 Å². The molecule has 152 valence electrons. The standard InChI is InChI=1S/C25H25N3O2/c1-17(2)16-30-25-24-21(14-18(3)26-25)28(20-12-8-5-9-13-20)23(15-22(24)29)27-19-10-6-4-7-11-19/h4-15,17,27H,16H2,1-3H3. The fourth-order valence-corrected chi connectivity index (χ4v) is 3.39. The van der Waals surface area contributed by atoms with Crippen LogP contribution in [-0.4, -0.2) is 16.2 Å². The first kappa shape index (κ1) is 19.7. The molecule has 0 spiro atoms. The molecule has 5 heteroatoms. The summed E-state index contributed by atoms with van der Waals surface area (Å²) in [7, 11) is 0. The molecule has 30 heavy (non-hydrogen) atoms. The highest BCUT2D eigenvalue weighted by Crippen LogP contribution is 2.29. The number of ether oxygens (including phenoxy) is 1. The Bertz CT molecular complexity index is 1220. The van der Waals surface area contributed by atoms with E-state index < -0.39 is 0 Å². The summed E-state index contributed by atoms with van der Waals surface area (Å²) >= 11 is 0. The zero-order chi connectivity index (χ0) is 21.1. The van der Waals surface area contributed by atoms with Crippen molar-refractivity contribution in [3.05, 3.63) is 88.7 Å². The number of nitrogens with one attached hydrogen (secondary N) is 1. The lowest BCUT2D eigenvalue weighted by molar-refractivity contribution is 0.264. The van der Waals surface area contributed by atoms with Crippen LogP contribution in [-0.2, 0) is 0 Å². The molecule has 0 aliphatic rings. The number of fused-ring (bicyclic) bond motifs is 1. The lowest BCUT2D eigenvalue weighted by atomic mass is 10.2. The number of aryl methyl sites for hydroxylation is 1. The van der Waals surface area contributed by atoms with Crippen LogP contribution in [0.15, 0.2) is 77.6 Å². The van der Waals surface area contributed by atoms with E-state index in [2.05, 4.69) is 24.1 Å². The molecular formula is C25H25N3O2. The van der Waals surface area contributed by atoms with Crippen LogP contribution in [0.25, 0.3) is 16.6 Å². The molecular weight excluding hydrogens is 374 g/mol. The Kier molecular flexibility index (Phi) is 5.53. The Morgan fingerprint density at radius 2 is 1.67 bits per heavy atom. The number of anilines is 2. The summed E-state index contributed by atoms with van der Waals surface area (Å²) < 4.78 is 7.99. The van der Waals surface area contributed by atoms with Crippen molar-refractivity contribution in [1.82, 2.24) is 9.55 Å². The van der Waals surface area contributed by atoms with Crippen LogP contribution in [0, 0.1) is 12.8 Å². The molecule has 2 aromatic carbocycles. The van der Waals surface area contributed by atoms with E-state index in [1.165, 1.54) is 0 Å². The Balaban J connectivity index is 1.99. The van der Waals surface area contributed by atoms with Gasteiger partial charge in [0.05, 0.1) is 12.1 Å². The number of rotatable bonds is 6. The first-order valence-electron chi connectivity index (χ1n) is 10.1. The first-order chi connectivity index (χ1) is 14.5. The van der Waals surface area contributed by atoms with Crippen molar-refractivity contribution in [3.8, 4) is 11.6 Å². The van der Waals surface area contributed by atoms with Crippen molar-refractivity contribution in [3.63, 3.8) is 0 Å². The topological polar surface area (TPSA) is 56.1 Å². The molecule has 0 atom stereocenters. The van der Waals surface area contributed by atoms with Crippen LogP contribution >= 0.6 is 0 Å². The maximum absolute atomic E-state index is 13.2. The van der Waals surface area contributed by atoms with Gasteiger partial charge in [-0.05, 0) is 43.2 Å². The summed E-state index contributed by atoms with van der Waals surface area (Å²) in [5, 5.41) is 3.88. The van der Waals surface area contributed by atoms with Crippen molar-refractivity contribution in [2.75, 3.05) is 11.9 Å². The number of nitrogens with zero attached hydrogens (tertiary/aromatic N) is 2. The highest BCUT2D eigenvalue weighted by molar-refractivity contribution is 5.88. The van der Waals surface area contributed by atoms with Gasteiger partial charge in [0.2, 0.25) is 5.88 Å². The second kappa shape index (κ2) is 8.41. The monoisotopic (exact) mass is 399 g/mol. The molecule has 4 rings (SSSR count). The fourth-order valence-electron chi connectivity index (χ4n) is 3.39. The maximum Gasteiger partial charge on any atom is 0.227 e. The van der Waals surface area contributed by atoms with Crippen molar-refractivity contribution in [1.29, 1.82) is 0 Å². The first-order valence-corrected chi connectivity index (χ1v) is 10.1. The van der Waals surface area contributed by atoms with Gasteiger partial charge in [0, 0.05) is 23.1 Å². The van der Waals surface area contributed by atoms with Gasteiger partial charge in [-0.15, -0.1) is 0 Å². The predicted octanol–water partition coefficient (Wildman–Crippen LogP) is 5.47. The van der Waals surface area contributed by atoms with Crippen molar-refractivity contribution >= 4 is 22.4 Å². The predicted molar refractivity (Wildman–Crippen MR) is 122 cm³/mol. The second-order valence-electron chi connectivity index (χ2n) is 7.72. The van der Waals surface area contributed by atoms with Gasteiger partial charge in [-0.1, -0.05) is 50.2 Å². The van der Waals surface area contributed by atoms with E-state index >= 15 is 0 Å². The highest BCUT2D eigenvalue weighted by Gasteiger charge is 2.17. The van der Waals surface area contributed by atoms with Gasteiger partial charge < -0.3 is 10.1 Å². The molecule has 5 nitrogen and oxygen atoms in total. The smallest absolute Gasteiger partial charge is 0.227 e. The third-order valence-electron chi connectivity index (χ3n) is 4.70. The third-order valence-corrected chi connectivity index (χ3v) is 4.70. The van der Waals surface area contributed by atoms with Gasteiger partial charge in [-0.2, -0.15) is 0 Å². The summed E-state index contributed by atoms with van der Waals surface area (Å²) in [6, 6.07) is 23.3. The fraction of sp³-hybridized carbons (Fsp3) is 0.200. The lowest BCUT2D eigenvalue weighted by Crippen LogP contribution is -2.15. The number of hydrogen-bond donors (Lipinski definition) is 1. The van der Waals surface area contributed by atoms with E-state index in [-0.39, 0.29) is 5.43 Å². The zero-order valence-corrected chi connectivity index (χ0v) is 17.4. The normalized spacial score (nSPS) is 11.1. The van der Waals surface area contributed by atoms with Gasteiger partial charge in [-0.25, -0.2) is 4.98 Å². The SMILES string of the molecule is Cc1cc2c(c(OCC(C)C)n1)c(=O)cc(Nc1ccccc1)n2-c1ccccc1. The summed E-state index contributed by atoms with van der Waals surface area (Å²) in [5.74, 6) is 1.41. The summed E-state index contributed by atoms with van der Waals surface area (Å²) in [6.07, 6.45) is 0. The highest BCUT2D eigenvalue weighted by atomic mass is 16.5. The number of pyridine rings is 2.